The van der Waals surface area contributed by atoms with Gasteiger partial charge in [-0.1, -0.05) is 94.2 Å². The summed E-state index contributed by atoms with van der Waals surface area (Å²) in [7, 11) is 0. The lowest BCUT2D eigenvalue weighted by Crippen LogP contribution is -2.11. The highest BCUT2D eigenvalue weighted by atomic mass is 16.5. The molecule has 0 amide bonds. The molecule has 2 aromatic carbocycles. The quantitative estimate of drug-likeness (QED) is 0.161. The van der Waals surface area contributed by atoms with Gasteiger partial charge >= 0.3 is 0 Å². The van der Waals surface area contributed by atoms with Gasteiger partial charge in [0.15, 0.2) is 0 Å². The van der Waals surface area contributed by atoms with Crippen LogP contribution in [-0.4, -0.2) is 61.6 Å². The van der Waals surface area contributed by atoms with Gasteiger partial charge in [0, 0.05) is 23.7 Å². The van der Waals surface area contributed by atoms with Gasteiger partial charge in [-0.3, -0.25) is 0 Å². The second-order valence-electron chi connectivity index (χ2n) is 10.7. The fourth-order valence-electron chi connectivity index (χ4n) is 4.98. The van der Waals surface area contributed by atoms with Crippen molar-refractivity contribution in [3.8, 4) is 11.5 Å². The second kappa shape index (κ2) is 21.6. The molecule has 0 aliphatic rings. The minimum absolute atomic E-state index is 0.0183. The van der Waals surface area contributed by atoms with Crippen LogP contribution in [0.2, 0.25) is 0 Å². The SMILES string of the molecule is CCCCCCCCCCOCCO.Cc1cc(C)c(OCCO)c(C(C)c2cc(C)cc(C)c2OCCO)c1. The van der Waals surface area contributed by atoms with E-state index in [-0.39, 0.29) is 39.0 Å². The van der Waals surface area contributed by atoms with Crippen molar-refractivity contribution >= 4 is 0 Å². The van der Waals surface area contributed by atoms with Crippen molar-refractivity contribution in [2.24, 2.45) is 0 Å². The minimum Gasteiger partial charge on any atom is -0.491 e. The van der Waals surface area contributed by atoms with E-state index in [0.717, 1.165) is 46.8 Å². The molecular weight excluding hydrogens is 504 g/mol. The van der Waals surface area contributed by atoms with Crippen LogP contribution >= 0.6 is 0 Å². The first-order valence-corrected chi connectivity index (χ1v) is 15.2. The van der Waals surface area contributed by atoms with Crippen LogP contribution in [0.5, 0.6) is 11.5 Å². The number of aliphatic hydroxyl groups is 3. The van der Waals surface area contributed by atoms with Crippen molar-refractivity contribution in [2.75, 3.05) is 46.2 Å². The van der Waals surface area contributed by atoms with Gasteiger partial charge in [0.25, 0.3) is 0 Å². The molecule has 0 aliphatic heterocycles. The predicted octanol–water partition coefficient (Wildman–Crippen LogP) is 6.95. The summed E-state index contributed by atoms with van der Waals surface area (Å²) in [6.45, 7) is 14.6. The molecule has 40 heavy (non-hydrogen) atoms. The van der Waals surface area contributed by atoms with E-state index >= 15 is 0 Å². The Balaban J connectivity index is 0.000000486. The summed E-state index contributed by atoms with van der Waals surface area (Å²) in [5, 5.41) is 26.8. The van der Waals surface area contributed by atoms with Crippen LogP contribution < -0.4 is 9.47 Å². The third-order valence-electron chi connectivity index (χ3n) is 6.88. The van der Waals surface area contributed by atoms with Crippen molar-refractivity contribution in [3.63, 3.8) is 0 Å². The van der Waals surface area contributed by atoms with Crippen LogP contribution in [0.1, 0.15) is 105 Å². The molecular formula is C34H56O6. The largest absolute Gasteiger partial charge is 0.491 e. The Bertz CT molecular complexity index is 867. The Morgan fingerprint density at radius 2 is 1.00 bits per heavy atom. The van der Waals surface area contributed by atoms with E-state index in [1.807, 2.05) is 13.8 Å². The molecule has 0 radical (unpaired) electrons. The van der Waals surface area contributed by atoms with E-state index in [9.17, 15) is 0 Å². The van der Waals surface area contributed by atoms with Crippen LogP contribution in [0.4, 0.5) is 0 Å². The maximum atomic E-state index is 9.16. The van der Waals surface area contributed by atoms with Gasteiger partial charge in [-0.2, -0.15) is 0 Å². The first-order valence-electron chi connectivity index (χ1n) is 15.2. The summed E-state index contributed by atoms with van der Waals surface area (Å²) in [6, 6.07) is 8.46. The lowest BCUT2D eigenvalue weighted by Gasteiger charge is -2.23. The molecule has 2 aromatic rings. The van der Waals surface area contributed by atoms with Crippen LogP contribution in [0.25, 0.3) is 0 Å². The Morgan fingerprint density at radius 3 is 1.43 bits per heavy atom. The Labute approximate surface area is 243 Å². The number of aryl methyl sites for hydroxylation is 4. The first-order chi connectivity index (χ1) is 19.3. The first kappa shape index (κ1) is 35.9. The summed E-state index contributed by atoms with van der Waals surface area (Å²) >= 11 is 0. The standard InChI is InChI=1S/C22H30O4.C12H26O2/c1-14-10-16(3)21(25-8-6-23)19(12-14)18(5)20-13-15(2)11-17(4)22(20)26-9-7-24;1-2-3-4-5-6-7-8-9-11-14-12-10-13/h10-13,18,23-24H,6-9H2,1-5H3;13H,2-12H2,1H3. The van der Waals surface area contributed by atoms with Gasteiger partial charge in [0.2, 0.25) is 0 Å². The van der Waals surface area contributed by atoms with Gasteiger partial charge in [-0.15, -0.1) is 0 Å². The number of ether oxygens (including phenoxy) is 3. The van der Waals surface area contributed by atoms with Crippen molar-refractivity contribution in [1.82, 2.24) is 0 Å². The molecule has 0 bridgehead atoms. The maximum Gasteiger partial charge on any atom is 0.126 e. The highest BCUT2D eigenvalue weighted by molar-refractivity contribution is 5.54. The zero-order valence-corrected chi connectivity index (χ0v) is 26.1. The Hall–Kier alpha value is -2.12. The molecule has 3 N–H and O–H groups in total. The third kappa shape index (κ3) is 13.5. The molecule has 0 atom stereocenters. The zero-order valence-electron chi connectivity index (χ0n) is 26.1. The summed E-state index contributed by atoms with van der Waals surface area (Å²) < 4.78 is 16.9. The molecule has 0 saturated heterocycles. The average molecular weight is 561 g/mol. The maximum absolute atomic E-state index is 9.16. The normalized spacial score (nSPS) is 10.9. The van der Waals surface area contributed by atoms with E-state index in [1.54, 1.807) is 0 Å². The summed E-state index contributed by atoms with van der Waals surface area (Å²) in [6.07, 6.45) is 10.6. The lowest BCUT2D eigenvalue weighted by molar-refractivity contribution is 0.0895. The van der Waals surface area contributed by atoms with Crippen molar-refractivity contribution in [2.45, 2.75) is 98.8 Å². The number of unbranched alkanes of at least 4 members (excludes halogenated alkanes) is 7. The third-order valence-corrected chi connectivity index (χ3v) is 6.88. The number of rotatable bonds is 19. The van der Waals surface area contributed by atoms with E-state index in [2.05, 4.69) is 52.0 Å². The number of hydrogen-bond acceptors (Lipinski definition) is 6. The smallest absolute Gasteiger partial charge is 0.126 e. The van der Waals surface area contributed by atoms with Crippen molar-refractivity contribution in [3.05, 3.63) is 57.6 Å². The number of benzene rings is 2. The summed E-state index contributed by atoms with van der Waals surface area (Å²) in [5.74, 6) is 1.70. The van der Waals surface area contributed by atoms with Crippen molar-refractivity contribution < 1.29 is 29.5 Å². The summed E-state index contributed by atoms with van der Waals surface area (Å²) in [4.78, 5) is 0. The predicted molar refractivity (Wildman–Crippen MR) is 165 cm³/mol. The fourth-order valence-corrected chi connectivity index (χ4v) is 4.98. The highest BCUT2D eigenvalue weighted by Gasteiger charge is 2.21. The van der Waals surface area contributed by atoms with Crippen molar-refractivity contribution in [1.29, 1.82) is 0 Å². The Morgan fingerprint density at radius 1 is 0.575 bits per heavy atom. The topological polar surface area (TPSA) is 88.4 Å². The molecule has 0 saturated carbocycles. The van der Waals surface area contributed by atoms with E-state index in [1.165, 1.54) is 56.1 Å². The molecule has 0 fully saturated rings. The van der Waals surface area contributed by atoms with Crippen LogP contribution in [-0.2, 0) is 4.74 Å². The molecule has 0 aliphatic carbocycles. The number of hydrogen-bond donors (Lipinski definition) is 3. The highest BCUT2D eigenvalue weighted by Crippen LogP contribution is 2.40. The molecule has 6 nitrogen and oxygen atoms in total. The second-order valence-corrected chi connectivity index (χ2v) is 10.7. The van der Waals surface area contributed by atoms with Gasteiger partial charge in [0.1, 0.15) is 24.7 Å². The molecule has 0 heterocycles. The van der Waals surface area contributed by atoms with E-state index in [4.69, 9.17) is 29.5 Å². The molecule has 0 spiro atoms. The Kier molecular flexibility index (Phi) is 19.4. The van der Waals surface area contributed by atoms with Gasteiger partial charge in [-0.25, -0.2) is 0 Å². The minimum atomic E-state index is -0.0183. The summed E-state index contributed by atoms with van der Waals surface area (Å²) in [5.41, 5.74) is 6.61. The lowest BCUT2D eigenvalue weighted by atomic mass is 9.87. The van der Waals surface area contributed by atoms with E-state index < -0.39 is 0 Å². The average Bonchev–Trinajstić information content (AvgIpc) is 2.92. The molecule has 2 rings (SSSR count). The van der Waals surface area contributed by atoms with Crippen LogP contribution in [0.15, 0.2) is 24.3 Å². The monoisotopic (exact) mass is 560 g/mol. The number of aliphatic hydroxyl groups excluding tert-OH is 3. The van der Waals surface area contributed by atoms with Gasteiger partial charge < -0.3 is 29.5 Å². The van der Waals surface area contributed by atoms with Gasteiger partial charge in [0.05, 0.1) is 26.4 Å². The molecule has 0 unspecified atom stereocenters. The zero-order chi connectivity index (χ0) is 29.8. The van der Waals surface area contributed by atoms with Crippen LogP contribution in [0, 0.1) is 27.7 Å². The molecule has 6 heteroatoms. The van der Waals surface area contributed by atoms with E-state index in [0.29, 0.717) is 6.61 Å². The molecule has 228 valence electrons. The van der Waals surface area contributed by atoms with Gasteiger partial charge in [-0.05, 0) is 45.2 Å². The fraction of sp³-hybridized carbons (Fsp3) is 0.647. The molecule has 0 aromatic heterocycles. The van der Waals surface area contributed by atoms with Crippen LogP contribution in [0.3, 0.4) is 0 Å².